The monoisotopic (exact) mass is 493 g/mol. The van der Waals surface area contributed by atoms with E-state index in [1.165, 1.54) is 6.07 Å². The average Bonchev–Trinajstić information content (AvgIpc) is 3.58. The number of fused-ring (bicyclic) bond motifs is 4. The molecule has 3 heterocycles. The van der Waals surface area contributed by atoms with Crippen LogP contribution in [0.1, 0.15) is 46.9 Å². The molecule has 0 saturated heterocycles. The molecule has 0 radical (unpaired) electrons. The highest BCUT2D eigenvalue weighted by molar-refractivity contribution is 6.11. The highest BCUT2D eigenvalue weighted by Gasteiger charge is 2.37. The number of rotatable bonds is 5. The summed E-state index contributed by atoms with van der Waals surface area (Å²) in [6.45, 7) is 0.587. The second-order valence-corrected chi connectivity index (χ2v) is 9.34. The maximum Gasteiger partial charge on any atom is 0.574 e. The number of aryl methyl sites for hydroxylation is 1. The predicted octanol–water partition coefficient (Wildman–Crippen LogP) is 5.20. The van der Waals surface area contributed by atoms with Crippen molar-refractivity contribution in [2.24, 2.45) is 5.92 Å². The number of nitrogen functional groups attached to an aromatic ring is 1. The molecule has 1 aromatic carbocycles. The van der Waals surface area contributed by atoms with Crippen LogP contribution in [0.2, 0.25) is 0 Å². The molecule has 184 valence electrons. The van der Waals surface area contributed by atoms with Crippen molar-refractivity contribution in [1.82, 2.24) is 19.9 Å². The summed E-state index contributed by atoms with van der Waals surface area (Å²) < 4.78 is 41.9. The van der Waals surface area contributed by atoms with Gasteiger partial charge in [-0.15, -0.1) is 13.2 Å². The summed E-state index contributed by atoms with van der Waals surface area (Å²) in [5.41, 5.74) is 8.60. The van der Waals surface area contributed by atoms with Crippen LogP contribution < -0.4 is 10.5 Å². The van der Waals surface area contributed by atoms with Gasteiger partial charge in [-0.1, -0.05) is 0 Å². The Hall–Kier alpha value is -3.95. The summed E-state index contributed by atoms with van der Waals surface area (Å²) in [5, 5.41) is 2.37. The molecule has 6 rings (SSSR count). The molecule has 10 heteroatoms. The van der Waals surface area contributed by atoms with E-state index in [9.17, 15) is 18.0 Å². The molecule has 36 heavy (non-hydrogen) atoms. The van der Waals surface area contributed by atoms with Crippen molar-refractivity contribution < 1.29 is 22.7 Å². The van der Waals surface area contributed by atoms with Crippen LogP contribution in [0.4, 0.5) is 19.0 Å². The standard InChI is InChI=1S/C26H22F3N5O2/c27-26(28,29)36-23-8-4-17-20(32-23)6-7-22(17)34(13-14-1-2-14)25(35)15-3-5-21-18(11-15)19-12-31-10-9-16(19)24(30)33-21/h3-5,8-12,14,22H,1-2,6-7,13H2,(H2,30,33). The number of anilines is 1. The second-order valence-electron chi connectivity index (χ2n) is 9.34. The minimum atomic E-state index is -4.80. The Balaban J connectivity index is 1.36. The van der Waals surface area contributed by atoms with Gasteiger partial charge in [-0.3, -0.25) is 9.78 Å². The Morgan fingerprint density at radius 1 is 1.06 bits per heavy atom. The minimum absolute atomic E-state index is 0.133. The first-order valence-electron chi connectivity index (χ1n) is 11.8. The van der Waals surface area contributed by atoms with Crippen molar-refractivity contribution in [2.45, 2.75) is 38.1 Å². The Morgan fingerprint density at radius 3 is 2.67 bits per heavy atom. The predicted molar refractivity (Wildman–Crippen MR) is 127 cm³/mol. The lowest BCUT2D eigenvalue weighted by molar-refractivity contribution is -0.276. The number of alkyl halides is 3. The van der Waals surface area contributed by atoms with E-state index in [1.807, 2.05) is 11.0 Å². The molecule has 0 spiro atoms. The second kappa shape index (κ2) is 8.32. The van der Waals surface area contributed by atoms with Gasteiger partial charge in [-0.25, -0.2) is 9.97 Å². The van der Waals surface area contributed by atoms with Crippen LogP contribution in [0.15, 0.2) is 48.8 Å². The molecule has 1 unspecified atom stereocenters. The Kier molecular flexibility index (Phi) is 5.20. The fraction of sp³-hybridized carbons (Fsp3) is 0.308. The number of halogens is 3. The van der Waals surface area contributed by atoms with Crippen LogP contribution in [0, 0.1) is 5.92 Å². The van der Waals surface area contributed by atoms with E-state index in [2.05, 4.69) is 19.7 Å². The van der Waals surface area contributed by atoms with E-state index in [0.29, 0.717) is 47.9 Å². The molecule has 1 atom stereocenters. The van der Waals surface area contributed by atoms with Gasteiger partial charge in [0, 0.05) is 52.4 Å². The fourth-order valence-corrected chi connectivity index (χ4v) is 5.02. The molecule has 4 aromatic rings. The zero-order valence-corrected chi connectivity index (χ0v) is 19.1. The van der Waals surface area contributed by atoms with Crippen molar-refractivity contribution >= 4 is 33.4 Å². The third-order valence-corrected chi connectivity index (χ3v) is 6.88. The third kappa shape index (κ3) is 4.16. The number of aromatic nitrogens is 3. The molecule has 2 aliphatic carbocycles. The smallest absolute Gasteiger partial charge is 0.388 e. The molecule has 2 aliphatic rings. The van der Waals surface area contributed by atoms with Gasteiger partial charge in [-0.05, 0) is 67.5 Å². The molecule has 0 bridgehead atoms. The lowest BCUT2D eigenvalue weighted by atomic mass is 10.0. The van der Waals surface area contributed by atoms with Gasteiger partial charge in [0.25, 0.3) is 5.91 Å². The van der Waals surface area contributed by atoms with Gasteiger partial charge in [0.2, 0.25) is 5.88 Å². The summed E-state index contributed by atoms with van der Waals surface area (Å²) in [6.07, 6.45) is 1.73. The Bertz CT molecular complexity index is 1500. The molecule has 1 saturated carbocycles. The van der Waals surface area contributed by atoms with Crippen molar-refractivity contribution in [2.75, 3.05) is 12.3 Å². The average molecular weight is 493 g/mol. The fourth-order valence-electron chi connectivity index (χ4n) is 5.02. The van der Waals surface area contributed by atoms with Gasteiger partial charge in [0.15, 0.2) is 0 Å². The summed E-state index contributed by atoms with van der Waals surface area (Å²) in [4.78, 5) is 28.5. The zero-order chi connectivity index (χ0) is 25.0. The molecule has 1 fully saturated rings. The van der Waals surface area contributed by atoms with Crippen molar-refractivity contribution in [1.29, 1.82) is 0 Å². The number of benzene rings is 1. The van der Waals surface area contributed by atoms with E-state index < -0.39 is 12.2 Å². The Morgan fingerprint density at radius 2 is 1.89 bits per heavy atom. The van der Waals surface area contributed by atoms with Crippen LogP contribution in [-0.2, 0) is 6.42 Å². The zero-order valence-electron chi connectivity index (χ0n) is 19.1. The summed E-state index contributed by atoms with van der Waals surface area (Å²) in [7, 11) is 0. The van der Waals surface area contributed by atoms with Crippen LogP contribution in [0.25, 0.3) is 21.7 Å². The number of carbonyl (C=O) groups excluding carboxylic acids is 1. The maximum atomic E-state index is 13.9. The number of pyridine rings is 3. The van der Waals surface area contributed by atoms with E-state index in [1.54, 1.807) is 36.7 Å². The highest BCUT2D eigenvalue weighted by atomic mass is 19.4. The lowest BCUT2D eigenvalue weighted by Gasteiger charge is -2.30. The molecular weight excluding hydrogens is 471 g/mol. The van der Waals surface area contributed by atoms with Crippen LogP contribution in [0.5, 0.6) is 5.88 Å². The molecule has 3 aromatic heterocycles. The molecule has 2 N–H and O–H groups in total. The number of ether oxygens (including phenoxy) is 1. The van der Waals surface area contributed by atoms with Gasteiger partial charge in [0.1, 0.15) is 5.82 Å². The quantitative estimate of drug-likeness (QED) is 0.384. The molecule has 0 aliphatic heterocycles. The number of hydrogen-bond acceptors (Lipinski definition) is 6. The van der Waals surface area contributed by atoms with Crippen molar-refractivity contribution in [3.05, 3.63) is 65.6 Å². The summed E-state index contributed by atoms with van der Waals surface area (Å²) >= 11 is 0. The topological polar surface area (TPSA) is 94.2 Å². The highest BCUT2D eigenvalue weighted by Crippen LogP contribution is 2.40. The SMILES string of the molecule is Nc1nc2ccc(C(=O)N(CC3CC3)C3CCc4nc(OC(F)(F)F)ccc43)cc2c2cnccc12. The maximum absolute atomic E-state index is 13.9. The summed E-state index contributed by atoms with van der Waals surface area (Å²) in [6, 6.07) is 9.70. The molecular formula is C26H22F3N5O2. The van der Waals surface area contributed by atoms with Crippen LogP contribution in [-0.4, -0.2) is 38.7 Å². The van der Waals surface area contributed by atoms with E-state index in [-0.39, 0.29) is 11.9 Å². The number of carbonyl (C=O) groups is 1. The summed E-state index contributed by atoms with van der Waals surface area (Å²) in [5.74, 6) is 0.207. The van der Waals surface area contributed by atoms with E-state index in [0.717, 1.165) is 34.6 Å². The van der Waals surface area contributed by atoms with E-state index in [4.69, 9.17) is 5.73 Å². The molecule has 1 amide bonds. The first kappa shape index (κ1) is 22.5. The first-order chi connectivity index (χ1) is 17.3. The normalized spacial score (nSPS) is 17.4. The number of nitrogens with two attached hydrogens (primary N) is 1. The molecule has 7 nitrogen and oxygen atoms in total. The Labute approximate surface area is 204 Å². The van der Waals surface area contributed by atoms with Crippen LogP contribution >= 0.6 is 0 Å². The number of nitrogens with zero attached hydrogens (tertiary/aromatic N) is 4. The lowest BCUT2D eigenvalue weighted by Crippen LogP contribution is -2.35. The largest absolute Gasteiger partial charge is 0.574 e. The number of amides is 1. The van der Waals surface area contributed by atoms with Crippen LogP contribution in [0.3, 0.4) is 0 Å². The third-order valence-electron chi connectivity index (χ3n) is 6.88. The first-order valence-corrected chi connectivity index (χ1v) is 11.8. The van der Waals surface area contributed by atoms with Gasteiger partial charge >= 0.3 is 6.36 Å². The van der Waals surface area contributed by atoms with Gasteiger partial charge < -0.3 is 15.4 Å². The van der Waals surface area contributed by atoms with Gasteiger partial charge in [-0.2, -0.15) is 0 Å². The van der Waals surface area contributed by atoms with Gasteiger partial charge in [0.05, 0.1) is 11.6 Å². The van der Waals surface area contributed by atoms with E-state index >= 15 is 0 Å². The van der Waals surface area contributed by atoms with Crippen molar-refractivity contribution in [3.63, 3.8) is 0 Å². The van der Waals surface area contributed by atoms with Crippen molar-refractivity contribution in [3.8, 4) is 5.88 Å². The minimum Gasteiger partial charge on any atom is -0.388 e. The number of hydrogen-bond donors (Lipinski definition) is 1.